The van der Waals surface area contributed by atoms with Crippen LogP contribution in [-0.4, -0.2) is 25.8 Å². The average molecular weight is 489 g/mol. The highest BCUT2D eigenvalue weighted by atomic mass is 19.1. The molecule has 0 aliphatic carbocycles. The minimum atomic E-state index is -1.01. The van der Waals surface area contributed by atoms with Crippen molar-refractivity contribution in [2.24, 2.45) is 5.92 Å². The van der Waals surface area contributed by atoms with Gasteiger partial charge in [0.1, 0.15) is 17.5 Å². The molecule has 0 bridgehead atoms. The van der Waals surface area contributed by atoms with E-state index >= 15 is 0 Å². The molecule has 0 aliphatic heterocycles. The second-order valence-corrected chi connectivity index (χ2v) is 8.96. The predicted octanol–water partition coefficient (Wildman–Crippen LogP) is 8.73. The summed E-state index contributed by atoms with van der Waals surface area (Å²) in [7, 11) is 0. The molecule has 3 nitrogen and oxygen atoms in total. The first-order valence-electron chi connectivity index (χ1n) is 13.5. The molecule has 1 aromatic carbocycles. The van der Waals surface area contributed by atoms with Gasteiger partial charge in [0.05, 0.1) is 0 Å². The van der Waals surface area contributed by atoms with Crippen LogP contribution in [0.3, 0.4) is 0 Å². The van der Waals surface area contributed by atoms with E-state index in [1.54, 1.807) is 0 Å². The third kappa shape index (κ3) is 11.1. The molecule has 1 atom stereocenters. The first-order valence-corrected chi connectivity index (χ1v) is 13.5. The van der Waals surface area contributed by atoms with E-state index in [1.807, 2.05) is 20.8 Å². The standard InChI is InChI=1S/C28H47F3O3/c1-5-9-10-11-12-15-18-23(28(32-6-2,33-7-3)34-8-4)19-16-13-14-17-20-25-26(30)21-24(29)22-27(25)31/h21-23H,5-20H2,1-4H3. The van der Waals surface area contributed by atoms with Gasteiger partial charge >= 0.3 is 0 Å². The van der Waals surface area contributed by atoms with Crippen LogP contribution in [0.15, 0.2) is 12.1 Å². The van der Waals surface area contributed by atoms with Crippen LogP contribution in [0.25, 0.3) is 0 Å². The molecule has 0 radical (unpaired) electrons. The summed E-state index contributed by atoms with van der Waals surface area (Å²) >= 11 is 0. The van der Waals surface area contributed by atoms with Gasteiger partial charge in [-0.05, 0) is 46.5 Å². The van der Waals surface area contributed by atoms with Gasteiger partial charge in [-0.3, -0.25) is 0 Å². The van der Waals surface area contributed by atoms with Crippen molar-refractivity contribution in [3.8, 4) is 0 Å². The lowest BCUT2D eigenvalue weighted by molar-refractivity contribution is -0.403. The Balaban J connectivity index is 2.62. The van der Waals surface area contributed by atoms with Crippen LogP contribution >= 0.6 is 0 Å². The van der Waals surface area contributed by atoms with Crippen molar-refractivity contribution in [1.82, 2.24) is 0 Å². The highest BCUT2D eigenvalue weighted by molar-refractivity contribution is 5.20. The van der Waals surface area contributed by atoms with E-state index in [2.05, 4.69) is 6.92 Å². The van der Waals surface area contributed by atoms with Crippen molar-refractivity contribution in [1.29, 1.82) is 0 Å². The van der Waals surface area contributed by atoms with E-state index < -0.39 is 23.4 Å². The Bertz CT molecular complexity index is 614. The summed E-state index contributed by atoms with van der Waals surface area (Å²) in [5.74, 6) is -3.36. The largest absolute Gasteiger partial charge is 0.328 e. The molecule has 6 heteroatoms. The first kappa shape index (κ1) is 30.9. The summed E-state index contributed by atoms with van der Waals surface area (Å²) in [6.07, 6.45) is 13.0. The van der Waals surface area contributed by atoms with Crippen LogP contribution in [0.5, 0.6) is 0 Å². The zero-order valence-electron chi connectivity index (χ0n) is 21.9. The molecule has 0 amide bonds. The zero-order valence-corrected chi connectivity index (χ0v) is 21.9. The molecule has 0 fully saturated rings. The summed E-state index contributed by atoms with van der Waals surface area (Å²) in [6.45, 7) is 9.65. The van der Waals surface area contributed by atoms with Gasteiger partial charge in [-0.1, -0.05) is 64.7 Å². The second kappa shape index (κ2) is 18.2. The lowest BCUT2D eigenvalue weighted by Crippen LogP contribution is -2.46. The molecule has 1 rings (SSSR count). The Hall–Kier alpha value is -1.11. The van der Waals surface area contributed by atoms with Crippen molar-refractivity contribution in [3.63, 3.8) is 0 Å². The fourth-order valence-electron chi connectivity index (χ4n) is 4.61. The molecule has 1 unspecified atom stereocenters. The third-order valence-electron chi connectivity index (χ3n) is 6.28. The van der Waals surface area contributed by atoms with Crippen LogP contribution in [-0.2, 0) is 20.6 Å². The smallest absolute Gasteiger partial charge is 0.285 e. The van der Waals surface area contributed by atoms with E-state index in [1.165, 1.54) is 32.1 Å². The molecule has 198 valence electrons. The number of rotatable bonds is 21. The Morgan fingerprint density at radius 2 is 1.09 bits per heavy atom. The van der Waals surface area contributed by atoms with Gasteiger partial charge in [0.25, 0.3) is 5.97 Å². The minimum Gasteiger partial charge on any atom is -0.328 e. The minimum absolute atomic E-state index is 0.0228. The molecule has 0 saturated carbocycles. The number of hydrogen-bond acceptors (Lipinski definition) is 3. The van der Waals surface area contributed by atoms with E-state index in [4.69, 9.17) is 14.2 Å². The normalized spacial score (nSPS) is 12.9. The first-order chi connectivity index (χ1) is 16.4. The molecule has 0 aromatic heterocycles. The third-order valence-corrected chi connectivity index (χ3v) is 6.28. The Kier molecular flexibility index (Phi) is 16.6. The highest BCUT2D eigenvalue weighted by Gasteiger charge is 2.41. The van der Waals surface area contributed by atoms with Gasteiger partial charge in [-0.15, -0.1) is 0 Å². The molecule has 1 aromatic rings. The van der Waals surface area contributed by atoms with Gasteiger partial charge in [0, 0.05) is 43.4 Å². The van der Waals surface area contributed by atoms with Crippen LogP contribution in [0.4, 0.5) is 13.2 Å². The van der Waals surface area contributed by atoms with E-state index in [9.17, 15) is 13.2 Å². The van der Waals surface area contributed by atoms with Crippen LogP contribution in [0.1, 0.15) is 110 Å². The molecule has 0 aliphatic rings. The Labute approximate surface area is 205 Å². The maximum Gasteiger partial charge on any atom is 0.285 e. The van der Waals surface area contributed by atoms with Crippen molar-refractivity contribution in [2.75, 3.05) is 19.8 Å². The number of halogens is 3. The summed E-state index contributed by atoms with van der Waals surface area (Å²) in [4.78, 5) is 0. The lowest BCUT2D eigenvalue weighted by Gasteiger charge is -2.39. The maximum absolute atomic E-state index is 13.8. The summed E-state index contributed by atoms with van der Waals surface area (Å²) in [6, 6.07) is 1.50. The molecular weight excluding hydrogens is 441 g/mol. The quantitative estimate of drug-likeness (QED) is 0.128. The van der Waals surface area contributed by atoms with Gasteiger partial charge in [-0.2, -0.15) is 0 Å². The fourth-order valence-corrected chi connectivity index (χ4v) is 4.61. The molecule has 0 spiro atoms. The van der Waals surface area contributed by atoms with Crippen LogP contribution in [0.2, 0.25) is 0 Å². The molecule has 0 N–H and O–H groups in total. The van der Waals surface area contributed by atoms with E-state index in [0.717, 1.165) is 50.7 Å². The number of benzene rings is 1. The van der Waals surface area contributed by atoms with Crippen molar-refractivity contribution < 1.29 is 27.4 Å². The SMILES string of the molecule is CCCCCCCCC(CCCCCCc1c(F)cc(F)cc1F)C(OCC)(OCC)OCC. The fraction of sp³-hybridized carbons (Fsp3) is 0.786. The van der Waals surface area contributed by atoms with E-state index in [-0.39, 0.29) is 17.9 Å². The molecular formula is C28H47F3O3. The molecule has 34 heavy (non-hydrogen) atoms. The molecule has 0 saturated heterocycles. The van der Waals surface area contributed by atoms with E-state index in [0.29, 0.717) is 26.2 Å². The summed E-state index contributed by atoms with van der Waals surface area (Å²) in [5, 5.41) is 0. The topological polar surface area (TPSA) is 27.7 Å². The van der Waals surface area contributed by atoms with Crippen molar-refractivity contribution in [3.05, 3.63) is 35.1 Å². The van der Waals surface area contributed by atoms with Crippen molar-refractivity contribution in [2.45, 2.75) is 117 Å². The van der Waals surface area contributed by atoms with Gasteiger partial charge < -0.3 is 14.2 Å². The summed E-state index contributed by atoms with van der Waals surface area (Å²) in [5.41, 5.74) is -0.0228. The second-order valence-electron chi connectivity index (χ2n) is 8.96. The predicted molar refractivity (Wildman–Crippen MR) is 132 cm³/mol. The number of ether oxygens (including phenoxy) is 3. The van der Waals surface area contributed by atoms with Gasteiger partial charge in [-0.25, -0.2) is 13.2 Å². The van der Waals surface area contributed by atoms with Crippen molar-refractivity contribution >= 4 is 0 Å². The number of unbranched alkanes of at least 4 members (excludes halogenated alkanes) is 8. The maximum atomic E-state index is 13.8. The van der Waals surface area contributed by atoms with Crippen LogP contribution < -0.4 is 0 Å². The van der Waals surface area contributed by atoms with Crippen LogP contribution in [0, 0.1) is 23.4 Å². The highest BCUT2D eigenvalue weighted by Crippen LogP contribution is 2.34. The summed E-state index contributed by atoms with van der Waals surface area (Å²) < 4.78 is 59.0. The van der Waals surface area contributed by atoms with Gasteiger partial charge in [0.15, 0.2) is 0 Å². The average Bonchev–Trinajstić information content (AvgIpc) is 2.78. The number of hydrogen-bond donors (Lipinski definition) is 0. The lowest BCUT2D eigenvalue weighted by atomic mass is 9.91. The molecule has 0 heterocycles. The van der Waals surface area contributed by atoms with Gasteiger partial charge in [0.2, 0.25) is 0 Å². The Morgan fingerprint density at radius 3 is 1.56 bits per heavy atom. The Morgan fingerprint density at radius 1 is 0.647 bits per heavy atom. The zero-order chi connectivity index (χ0) is 25.2. The monoisotopic (exact) mass is 488 g/mol.